The highest BCUT2D eigenvalue weighted by molar-refractivity contribution is 4.89. The van der Waals surface area contributed by atoms with Crippen LogP contribution in [0.2, 0.25) is 0 Å². The van der Waals surface area contributed by atoms with Crippen molar-refractivity contribution in [1.29, 1.82) is 0 Å². The standard InChI is InChI=1S/C6H15N3/c7-4-2-1-3-5(8)6(4)9/h4-6H,1-3,7-9H2. The molecule has 0 heterocycles. The summed E-state index contributed by atoms with van der Waals surface area (Å²) >= 11 is 0. The molecule has 1 rings (SSSR count). The first-order valence-electron chi connectivity index (χ1n) is 3.48. The summed E-state index contributed by atoms with van der Waals surface area (Å²) in [4.78, 5) is 0. The summed E-state index contributed by atoms with van der Waals surface area (Å²) in [6, 6.07) is 0.293. The fourth-order valence-corrected chi connectivity index (χ4v) is 1.29. The zero-order chi connectivity index (χ0) is 6.85. The molecular weight excluding hydrogens is 114 g/mol. The molecule has 0 amide bonds. The summed E-state index contributed by atoms with van der Waals surface area (Å²) in [6.07, 6.45) is 3.21. The van der Waals surface area contributed by atoms with Crippen molar-refractivity contribution in [2.75, 3.05) is 0 Å². The average Bonchev–Trinajstić information content (AvgIpc) is 1.83. The van der Waals surface area contributed by atoms with Gasteiger partial charge in [-0.1, -0.05) is 6.42 Å². The normalized spacial score (nSPS) is 45.0. The van der Waals surface area contributed by atoms with Crippen molar-refractivity contribution >= 4 is 0 Å². The number of hydrogen-bond donors (Lipinski definition) is 3. The number of rotatable bonds is 0. The fourth-order valence-electron chi connectivity index (χ4n) is 1.29. The van der Waals surface area contributed by atoms with Gasteiger partial charge in [-0.3, -0.25) is 0 Å². The van der Waals surface area contributed by atoms with Crippen LogP contribution in [0.1, 0.15) is 19.3 Å². The van der Waals surface area contributed by atoms with Crippen LogP contribution in [0.3, 0.4) is 0 Å². The van der Waals surface area contributed by atoms with Crippen LogP contribution >= 0.6 is 0 Å². The van der Waals surface area contributed by atoms with Gasteiger partial charge in [-0.05, 0) is 12.8 Å². The largest absolute Gasteiger partial charge is 0.326 e. The van der Waals surface area contributed by atoms with E-state index in [0.29, 0.717) is 0 Å². The Balaban J connectivity index is 2.41. The molecular formula is C6H15N3. The molecule has 54 valence electrons. The van der Waals surface area contributed by atoms with Crippen LogP contribution in [0, 0.1) is 0 Å². The van der Waals surface area contributed by atoms with Crippen molar-refractivity contribution in [3.05, 3.63) is 0 Å². The van der Waals surface area contributed by atoms with Crippen LogP contribution in [0.15, 0.2) is 0 Å². The van der Waals surface area contributed by atoms with Crippen LogP contribution in [-0.2, 0) is 0 Å². The highest BCUT2D eigenvalue weighted by Gasteiger charge is 2.24. The minimum absolute atomic E-state index is 0.0266. The van der Waals surface area contributed by atoms with E-state index >= 15 is 0 Å². The van der Waals surface area contributed by atoms with Crippen LogP contribution in [0.5, 0.6) is 0 Å². The summed E-state index contributed by atoms with van der Waals surface area (Å²) in [5, 5.41) is 0. The Labute approximate surface area is 55.6 Å². The van der Waals surface area contributed by atoms with Gasteiger partial charge in [-0.15, -0.1) is 0 Å². The molecule has 3 heteroatoms. The van der Waals surface area contributed by atoms with Crippen molar-refractivity contribution in [2.45, 2.75) is 37.4 Å². The molecule has 1 aliphatic carbocycles. The molecule has 0 spiro atoms. The molecule has 0 aromatic carbocycles. The lowest BCUT2D eigenvalue weighted by Crippen LogP contribution is -2.55. The number of nitrogens with two attached hydrogens (primary N) is 3. The van der Waals surface area contributed by atoms with E-state index in [0.717, 1.165) is 19.3 Å². The van der Waals surface area contributed by atoms with Gasteiger partial charge < -0.3 is 17.2 Å². The summed E-state index contributed by atoms with van der Waals surface area (Å²) in [5.41, 5.74) is 17.0. The maximum atomic E-state index is 5.67. The van der Waals surface area contributed by atoms with E-state index in [9.17, 15) is 0 Å². The van der Waals surface area contributed by atoms with Crippen LogP contribution < -0.4 is 17.2 Å². The van der Waals surface area contributed by atoms with Gasteiger partial charge in [0.25, 0.3) is 0 Å². The Bertz CT molecular complexity index is 84.3. The van der Waals surface area contributed by atoms with Crippen molar-refractivity contribution in [2.24, 2.45) is 17.2 Å². The summed E-state index contributed by atoms with van der Waals surface area (Å²) in [7, 11) is 0. The molecule has 0 aliphatic heterocycles. The van der Waals surface area contributed by atoms with Gasteiger partial charge in [0.15, 0.2) is 0 Å². The topological polar surface area (TPSA) is 78.1 Å². The number of hydrogen-bond acceptors (Lipinski definition) is 3. The molecule has 0 saturated heterocycles. The first kappa shape index (κ1) is 6.99. The monoisotopic (exact) mass is 129 g/mol. The maximum absolute atomic E-state index is 5.67. The summed E-state index contributed by atoms with van der Waals surface area (Å²) < 4.78 is 0. The third-order valence-corrected chi connectivity index (χ3v) is 2.06. The van der Waals surface area contributed by atoms with E-state index in [4.69, 9.17) is 17.2 Å². The highest BCUT2D eigenvalue weighted by atomic mass is 14.9. The predicted octanol–water partition coefficient (Wildman–Crippen LogP) is -0.848. The van der Waals surface area contributed by atoms with Gasteiger partial charge in [-0.2, -0.15) is 0 Å². The van der Waals surface area contributed by atoms with Crippen molar-refractivity contribution in [1.82, 2.24) is 0 Å². The molecule has 0 aromatic heterocycles. The second-order valence-corrected chi connectivity index (χ2v) is 2.84. The van der Waals surface area contributed by atoms with E-state index in [2.05, 4.69) is 0 Å². The zero-order valence-electron chi connectivity index (χ0n) is 5.59. The van der Waals surface area contributed by atoms with Crippen molar-refractivity contribution < 1.29 is 0 Å². The van der Waals surface area contributed by atoms with Crippen LogP contribution in [0.4, 0.5) is 0 Å². The van der Waals surface area contributed by atoms with E-state index in [-0.39, 0.29) is 18.1 Å². The highest BCUT2D eigenvalue weighted by Crippen LogP contribution is 2.13. The molecule has 0 aromatic rings. The van der Waals surface area contributed by atoms with Gasteiger partial charge in [0, 0.05) is 18.1 Å². The quantitative estimate of drug-likeness (QED) is 0.399. The summed E-state index contributed by atoms with van der Waals surface area (Å²) in [5.74, 6) is 0. The minimum atomic E-state index is 0.0266. The van der Waals surface area contributed by atoms with Crippen molar-refractivity contribution in [3.8, 4) is 0 Å². The molecule has 6 N–H and O–H groups in total. The van der Waals surface area contributed by atoms with E-state index in [1.54, 1.807) is 0 Å². The third kappa shape index (κ3) is 1.41. The Hall–Kier alpha value is -0.120. The van der Waals surface area contributed by atoms with Crippen LogP contribution in [-0.4, -0.2) is 18.1 Å². The molecule has 9 heavy (non-hydrogen) atoms. The van der Waals surface area contributed by atoms with Gasteiger partial charge in [-0.25, -0.2) is 0 Å². The maximum Gasteiger partial charge on any atom is 0.0346 e. The van der Waals surface area contributed by atoms with E-state index in [1.165, 1.54) is 0 Å². The predicted molar refractivity (Wildman–Crippen MR) is 37.8 cm³/mol. The van der Waals surface area contributed by atoms with Crippen molar-refractivity contribution in [3.63, 3.8) is 0 Å². The SMILES string of the molecule is NC1CCCC(N)C1N. The Kier molecular flexibility index (Phi) is 2.05. The Morgan fingerprint density at radius 3 is 1.67 bits per heavy atom. The molecule has 1 saturated carbocycles. The molecule has 2 atom stereocenters. The lowest BCUT2D eigenvalue weighted by molar-refractivity contribution is 0.339. The smallest absolute Gasteiger partial charge is 0.0346 e. The molecule has 1 fully saturated rings. The van der Waals surface area contributed by atoms with Gasteiger partial charge >= 0.3 is 0 Å². The Morgan fingerprint density at radius 1 is 0.889 bits per heavy atom. The zero-order valence-corrected chi connectivity index (χ0v) is 5.59. The fraction of sp³-hybridized carbons (Fsp3) is 1.00. The first-order valence-corrected chi connectivity index (χ1v) is 3.48. The van der Waals surface area contributed by atoms with E-state index in [1.807, 2.05) is 0 Å². The molecule has 1 aliphatic rings. The second kappa shape index (κ2) is 2.64. The Morgan fingerprint density at radius 2 is 1.33 bits per heavy atom. The summed E-state index contributed by atoms with van der Waals surface area (Å²) in [6.45, 7) is 0. The van der Waals surface area contributed by atoms with Gasteiger partial charge in [0.1, 0.15) is 0 Å². The van der Waals surface area contributed by atoms with Gasteiger partial charge in [0.2, 0.25) is 0 Å². The van der Waals surface area contributed by atoms with Gasteiger partial charge in [0.05, 0.1) is 0 Å². The van der Waals surface area contributed by atoms with Crippen LogP contribution in [0.25, 0.3) is 0 Å². The molecule has 2 unspecified atom stereocenters. The lowest BCUT2D eigenvalue weighted by Gasteiger charge is -2.30. The van der Waals surface area contributed by atoms with E-state index < -0.39 is 0 Å². The molecule has 0 radical (unpaired) electrons. The lowest BCUT2D eigenvalue weighted by atomic mass is 9.88. The average molecular weight is 129 g/mol. The minimum Gasteiger partial charge on any atom is -0.326 e. The second-order valence-electron chi connectivity index (χ2n) is 2.84. The first-order chi connectivity index (χ1) is 4.22. The molecule has 3 nitrogen and oxygen atoms in total. The third-order valence-electron chi connectivity index (χ3n) is 2.06. The molecule has 0 bridgehead atoms.